The smallest absolute Gasteiger partial charge is 0.302 e. The van der Waals surface area contributed by atoms with E-state index in [9.17, 15) is 4.79 Å². The van der Waals surface area contributed by atoms with E-state index in [2.05, 4.69) is 20.8 Å². The van der Waals surface area contributed by atoms with Gasteiger partial charge in [0.25, 0.3) is 0 Å². The van der Waals surface area contributed by atoms with Crippen molar-refractivity contribution in [1.29, 1.82) is 0 Å². The molecule has 0 spiro atoms. The Morgan fingerprint density at radius 2 is 1.91 bits per heavy atom. The van der Waals surface area contributed by atoms with E-state index in [0.717, 1.165) is 12.8 Å². The van der Waals surface area contributed by atoms with Gasteiger partial charge < -0.3 is 9.84 Å². The molecule has 0 aliphatic heterocycles. The van der Waals surface area contributed by atoms with Crippen LogP contribution < -0.4 is 0 Å². The van der Waals surface area contributed by atoms with Crippen molar-refractivity contribution in [3.05, 3.63) is 35.9 Å². The minimum Gasteiger partial charge on any atom is -0.462 e. The maximum atomic E-state index is 11.0. The molecule has 0 radical (unpaired) electrons. The largest absolute Gasteiger partial charge is 0.462 e. The summed E-state index contributed by atoms with van der Waals surface area (Å²) >= 11 is 0. The minimum absolute atomic E-state index is 0.130. The van der Waals surface area contributed by atoms with Gasteiger partial charge in [0, 0.05) is 13.5 Å². The first kappa shape index (κ1) is 19.7. The first-order valence-electron chi connectivity index (χ1n) is 8.76. The summed E-state index contributed by atoms with van der Waals surface area (Å²) in [7, 11) is 0. The minimum atomic E-state index is -0.130. The molecule has 1 aromatic carbocycles. The maximum Gasteiger partial charge on any atom is 0.302 e. The number of aliphatic hydroxyl groups is 1. The highest BCUT2D eigenvalue weighted by molar-refractivity contribution is 5.66. The zero-order valence-corrected chi connectivity index (χ0v) is 15.0. The molecule has 2 rings (SSSR count). The summed E-state index contributed by atoms with van der Waals surface area (Å²) in [5, 5.41) is 8.52. The molecule has 1 saturated carbocycles. The number of hydrogen-bond donors (Lipinski definition) is 1. The lowest BCUT2D eigenvalue weighted by Crippen LogP contribution is -2.35. The summed E-state index contributed by atoms with van der Waals surface area (Å²) in [4.78, 5) is 11.0. The molecule has 1 aliphatic carbocycles. The lowest BCUT2D eigenvalue weighted by Gasteiger charge is -2.36. The van der Waals surface area contributed by atoms with Crippen molar-refractivity contribution in [3.63, 3.8) is 0 Å². The summed E-state index contributed by atoms with van der Waals surface area (Å²) in [6, 6.07) is 9.95. The third-order valence-corrected chi connectivity index (χ3v) is 4.52. The van der Waals surface area contributed by atoms with Gasteiger partial charge in [-0.15, -0.1) is 0 Å². The maximum absolute atomic E-state index is 11.0. The van der Waals surface area contributed by atoms with Crippen molar-refractivity contribution >= 4 is 5.97 Å². The lowest BCUT2D eigenvalue weighted by molar-refractivity contribution is -0.153. The van der Waals surface area contributed by atoms with Crippen molar-refractivity contribution in [2.45, 2.75) is 59.5 Å². The van der Waals surface area contributed by atoms with Crippen molar-refractivity contribution in [2.24, 2.45) is 17.8 Å². The Hall–Kier alpha value is -1.35. The van der Waals surface area contributed by atoms with Gasteiger partial charge in [-0.05, 0) is 42.6 Å². The summed E-state index contributed by atoms with van der Waals surface area (Å²) in [5.74, 6) is 1.76. The van der Waals surface area contributed by atoms with Gasteiger partial charge in [0.1, 0.15) is 6.10 Å². The fraction of sp³-hybridized carbons (Fsp3) is 0.650. The summed E-state index contributed by atoms with van der Waals surface area (Å²) in [5.41, 5.74) is 1.19. The second-order valence-corrected chi connectivity index (χ2v) is 6.93. The van der Waals surface area contributed by atoms with Crippen LogP contribution in [0.2, 0.25) is 0 Å². The topological polar surface area (TPSA) is 46.5 Å². The average molecular weight is 320 g/mol. The zero-order valence-electron chi connectivity index (χ0n) is 15.0. The number of benzene rings is 1. The number of carbonyl (C=O) groups excluding carboxylic acids is 1. The summed E-state index contributed by atoms with van der Waals surface area (Å²) < 4.78 is 5.40. The number of esters is 1. The second-order valence-electron chi connectivity index (χ2n) is 6.93. The molecule has 23 heavy (non-hydrogen) atoms. The van der Waals surface area contributed by atoms with Crippen LogP contribution in [0.4, 0.5) is 0 Å². The van der Waals surface area contributed by atoms with Crippen LogP contribution in [0.15, 0.2) is 30.3 Å². The van der Waals surface area contributed by atoms with Crippen LogP contribution in [0.3, 0.4) is 0 Å². The third-order valence-electron chi connectivity index (χ3n) is 4.52. The molecule has 3 nitrogen and oxygen atoms in total. The molecule has 1 fully saturated rings. The van der Waals surface area contributed by atoms with Gasteiger partial charge in [0.2, 0.25) is 0 Å². The van der Waals surface area contributed by atoms with Crippen molar-refractivity contribution in [2.75, 3.05) is 6.61 Å². The average Bonchev–Trinajstić information content (AvgIpc) is 2.48. The standard InChI is InChI=1S/C12H22O2.C8H10O/c1-8(2)11-6-5-9(3)7-12(11)14-10(4)13;9-7-6-8-4-2-1-3-5-8/h8-9,11-12H,5-7H2,1-4H3;1-5,9H,6-7H2. The molecule has 0 amide bonds. The molecule has 0 heterocycles. The normalized spacial score (nSPS) is 23.8. The number of ether oxygens (including phenoxy) is 1. The number of hydrogen-bond acceptors (Lipinski definition) is 3. The van der Waals surface area contributed by atoms with Gasteiger partial charge in [-0.25, -0.2) is 0 Å². The van der Waals surface area contributed by atoms with Crippen LogP contribution in [0, 0.1) is 17.8 Å². The monoisotopic (exact) mass is 320 g/mol. The predicted octanol–water partition coefficient (Wildman–Crippen LogP) is 4.23. The van der Waals surface area contributed by atoms with E-state index < -0.39 is 0 Å². The summed E-state index contributed by atoms with van der Waals surface area (Å²) in [6.07, 6.45) is 4.46. The Labute approximate surface area is 141 Å². The highest BCUT2D eigenvalue weighted by atomic mass is 16.5. The Morgan fingerprint density at radius 3 is 2.43 bits per heavy atom. The molecular formula is C20H32O3. The first-order chi connectivity index (χ1) is 10.9. The van der Waals surface area contributed by atoms with Gasteiger partial charge in [-0.1, -0.05) is 57.5 Å². The molecule has 1 aromatic rings. The molecule has 1 aliphatic rings. The third kappa shape index (κ3) is 7.65. The Bertz CT molecular complexity index is 441. The van der Waals surface area contributed by atoms with Gasteiger partial charge in [-0.3, -0.25) is 4.79 Å². The summed E-state index contributed by atoms with van der Waals surface area (Å²) in [6.45, 7) is 8.43. The van der Waals surface area contributed by atoms with E-state index in [4.69, 9.17) is 9.84 Å². The van der Waals surface area contributed by atoms with Crippen LogP contribution >= 0.6 is 0 Å². The number of aliphatic hydroxyl groups excluding tert-OH is 1. The van der Waals surface area contributed by atoms with Crippen molar-refractivity contribution < 1.29 is 14.6 Å². The van der Waals surface area contributed by atoms with E-state index in [1.807, 2.05) is 30.3 Å². The lowest BCUT2D eigenvalue weighted by atomic mass is 9.75. The second kappa shape index (κ2) is 10.4. The Morgan fingerprint density at radius 1 is 1.26 bits per heavy atom. The van der Waals surface area contributed by atoms with Crippen LogP contribution in [-0.2, 0) is 16.0 Å². The first-order valence-corrected chi connectivity index (χ1v) is 8.76. The molecular weight excluding hydrogens is 288 g/mol. The highest BCUT2D eigenvalue weighted by Gasteiger charge is 2.32. The van der Waals surface area contributed by atoms with E-state index >= 15 is 0 Å². The fourth-order valence-corrected chi connectivity index (χ4v) is 3.24. The SMILES string of the molecule is CC(=O)OC1CC(C)CCC1C(C)C.OCCc1ccccc1. The molecule has 130 valence electrons. The molecule has 3 unspecified atom stereocenters. The van der Waals surface area contributed by atoms with E-state index in [-0.39, 0.29) is 18.7 Å². The van der Waals surface area contributed by atoms with Gasteiger partial charge in [0.15, 0.2) is 0 Å². The van der Waals surface area contributed by atoms with Crippen molar-refractivity contribution in [3.8, 4) is 0 Å². The van der Waals surface area contributed by atoms with Gasteiger partial charge in [-0.2, -0.15) is 0 Å². The van der Waals surface area contributed by atoms with Crippen LogP contribution in [-0.4, -0.2) is 23.8 Å². The molecule has 0 bridgehead atoms. The molecule has 3 heteroatoms. The van der Waals surface area contributed by atoms with Crippen molar-refractivity contribution in [1.82, 2.24) is 0 Å². The molecule has 3 atom stereocenters. The molecule has 1 N–H and O–H groups in total. The fourth-order valence-electron chi connectivity index (χ4n) is 3.24. The van der Waals surface area contributed by atoms with E-state index in [1.165, 1.54) is 25.3 Å². The van der Waals surface area contributed by atoms with E-state index in [0.29, 0.717) is 17.8 Å². The zero-order chi connectivity index (χ0) is 17.2. The number of rotatable bonds is 4. The van der Waals surface area contributed by atoms with Gasteiger partial charge >= 0.3 is 5.97 Å². The van der Waals surface area contributed by atoms with Crippen LogP contribution in [0.5, 0.6) is 0 Å². The predicted molar refractivity (Wildman–Crippen MR) is 94.1 cm³/mol. The van der Waals surface area contributed by atoms with Gasteiger partial charge in [0.05, 0.1) is 0 Å². The Balaban J connectivity index is 0.000000253. The van der Waals surface area contributed by atoms with Crippen LogP contribution in [0.25, 0.3) is 0 Å². The van der Waals surface area contributed by atoms with E-state index in [1.54, 1.807) is 0 Å². The molecule has 0 aromatic heterocycles. The molecule has 0 saturated heterocycles. The Kier molecular flexibility index (Phi) is 8.93. The highest BCUT2D eigenvalue weighted by Crippen LogP contribution is 2.35. The number of carbonyl (C=O) groups is 1. The quantitative estimate of drug-likeness (QED) is 0.844. The van der Waals surface area contributed by atoms with Crippen LogP contribution in [0.1, 0.15) is 52.5 Å².